The van der Waals surface area contributed by atoms with Crippen molar-refractivity contribution in [1.82, 2.24) is 0 Å². The van der Waals surface area contributed by atoms with Crippen molar-refractivity contribution < 1.29 is 40.9 Å². The van der Waals surface area contributed by atoms with E-state index in [1.807, 2.05) is 26.0 Å². The predicted octanol–water partition coefficient (Wildman–Crippen LogP) is 5.34. The average molecular weight is 533 g/mol. The van der Waals surface area contributed by atoms with Crippen LogP contribution >= 0.6 is 0 Å². The lowest BCUT2D eigenvalue weighted by Gasteiger charge is -2.20. The summed E-state index contributed by atoms with van der Waals surface area (Å²) in [7, 11) is 0. The van der Waals surface area contributed by atoms with Gasteiger partial charge in [-0.3, -0.25) is 0 Å². The summed E-state index contributed by atoms with van der Waals surface area (Å²) in [6.45, 7) is 7.27. The Bertz CT molecular complexity index is 1490. The van der Waals surface area contributed by atoms with E-state index in [0.29, 0.717) is 39.8 Å². The molecule has 8 N–H and O–H groups in total. The van der Waals surface area contributed by atoms with Gasteiger partial charge >= 0.3 is 0 Å². The van der Waals surface area contributed by atoms with Crippen LogP contribution in [0.15, 0.2) is 36.4 Å². The second-order valence-electron chi connectivity index (χ2n) is 10.0. The number of aryl methyl sites for hydroxylation is 2. The third kappa shape index (κ3) is 4.93. The maximum Gasteiger partial charge on any atom is 0.200 e. The minimum Gasteiger partial charge on any atom is -0.507 e. The number of benzene rings is 4. The quantitative estimate of drug-likeness (QED) is 0.154. The number of rotatable bonds is 6. The Morgan fingerprint density at radius 2 is 0.769 bits per heavy atom. The fraction of sp³-hybridized carbons (Fsp3) is 0.226. The number of hydrogen-bond acceptors (Lipinski definition) is 8. The lowest BCUT2D eigenvalue weighted by molar-refractivity contribution is 0.365. The smallest absolute Gasteiger partial charge is 0.200 e. The van der Waals surface area contributed by atoms with Crippen LogP contribution in [0, 0.1) is 27.7 Å². The molecule has 0 saturated carbocycles. The van der Waals surface area contributed by atoms with E-state index in [1.54, 1.807) is 13.8 Å². The highest BCUT2D eigenvalue weighted by Gasteiger charge is 2.21. The molecule has 4 rings (SSSR count). The van der Waals surface area contributed by atoms with Gasteiger partial charge in [-0.05, 0) is 79.6 Å². The van der Waals surface area contributed by atoms with E-state index in [0.717, 1.165) is 22.3 Å². The molecule has 0 radical (unpaired) electrons. The molecule has 0 fully saturated rings. The van der Waals surface area contributed by atoms with Crippen LogP contribution in [-0.2, 0) is 19.3 Å². The summed E-state index contributed by atoms with van der Waals surface area (Å²) in [5.41, 5.74) is 6.49. The Morgan fingerprint density at radius 3 is 1.13 bits per heavy atom. The minimum absolute atomic E-state index is 0.0742. The molecular formula is C31H32O8. The number of phenols is 8. The lowest BCUT2D eigenvalue weighted by atomic mass is 9.86. The van der Waals surface area contributed by atoms with E-state index < -0.39 is 34.5 Å². The molecule has 0 aliphatic heterocycles. The van der Waals surface area contributed by atoms with Gasteiger partial charge in [0, 0.05) is 35.1 Å². The Hall–Kier alpha value is -4.72. The topological polar surface area (TPSA) is 162 Å². The van der Waals surface area contributed by atoms with Crippen molar-refractivity contribution in [3.63, 3.8) is 0 Å². The highest BCUT2D eigenvalue weighted by atomic mass is 16.3. The zero-order valence-corrected chi connectivity index (χ0v) is 22.2. The van der Waals surface area contributed by atoms with Crippen LogP contribution in [-0.4, -0.2) is 40.9 Å². The minimum atomic E-state index is -0.617. The molecule has 8 nitrogen and oxygen atoms in total. The summed E-state index contributed by atoms with van der Waals surface area (Å²) < 4.78 is 0. The summed E-state index contributed by atoms with van der Waals surface area (Å²) in [4.78, 5) is 0. The van der Waals surface area contributed by atoms with Gasteiger partial charge < -0.3 is 40.9 Å². The summed E-state index contributed by atoms with van der Waals surface area (Å²) in [6, 6.07) is 9.30. The Labute approximate surface area is 226 Å². The third-order valence-electron chi connectivity index (χ3n) is 7.51. The molecule has 39 heavy (non-hydrogen) atoms. The Balaban J connectivity index is 1.76. The van der Waals surface area contributed by atoms with Gasteiger partial charge in [-0.15, -0.1) is 0 Å². The van der Waals surface area contributed by atoms with Gasteiger partial charge in [0.2, 0.25) is 11.5 Å². The highest BCUT2D eigenvalue weighted by molar-refractivity contribution is 5.60. The van der Waals surface area contributed by atoms with Gasteiger partial charge in [-0.1, -0.05) is 24.3 Å². The van der Waals surface area contributed by atoms with Crippen molar-refractivity contribution in [2.45, 2.75) is 47.0 Å². The van der Waals surface area contributed by atoms with Gasteiger partial charge in [-0.25, -0.2) is 0 Å². The molecule has 0 atom stereocenters. The van der Waals surface area contributed by atoms with Gasteiger partial charge in [0.15, 0.2) is 23.0 Å². The van der Waals surface area contributed by atoms with E-state index in [4.69, 9.17) is 0 Å². The van der Waals surface area contributed by atoms with E-state index in [2.05, 4.69) is 0 Å². The number of hydrogen-bond donors (Lipinski definition) is 8. The van der Waals surface area contributed by atoms with E-state index in [9.17, 15) is 40.9 Å². The summed E-state index contributed by atoms with van der Waals surface area (Å²) in [5, 5.41) is 81.6. The van der Waals surface area contributed by atoms with Crippen LogP contribution in [0.3, 0.4) is 0 Å². The van der Waals surface area contributed by atoms with Gasteiger partial charge in [0.1, 0.15) is 11.5 Å². The summed E-state index contributed by atoms with van der Waals surface area (Å²) in [5.74, 6) is -2.86. The zero-order valence-electron chi connectivity index (χ0n) is 22.2. The molecule has 204 valence electrons. The molecule has 8 heteroatoms. The summed E-state index contributed by atoms with van der Waals surface area (Å²) >= 11 is 0. The predicted molar refractivity (Wildman–Crippen MR) is 146 cm³/mol. The van der Waals surface area contributed by atoms with E-state index in [1.165, 1.54) is 24.3 Å². The van der Waals surface area contributed by atoms with Crippen molar-refractivity contribution in [3.8, 4) is 46.0 Å². The largest absolute Gasteiger partial charge is 0.507 e. The molecule has 0 saturated heterocycles. The molecule has 0 amide bonds. The van der Waals surface area contributed by atoms with E-state index in [-0.39, 0.29) is 24.3 Å². The molecule has 0 spiro atoms. The molecule has 4 aromatic rings. The molecule has 0 aromatic heterocycles. The SMILES string of the molecule is Cc1cc(Cc2cc(C)c(O)c(Cc3ccc(O)c(O)c3O)c2C)c(C)c(Cc2ccc(O)c(O)c2O)c1O. The molecule has 0 bridgehead atoms. The first-order chi connectivity index (χ1) is 18.3. The third-order valence-corrected chi connectivity index (χ3v) is 7.51. The maximum atomic E-state index is 10.9. The molecule has 0 unspecified atom stereocenters. The molecule has 0 aliphatic rings. The Morgan fingerprint density at radius 1 is 0.410 bits per heavy atom. The van der Waals surface area contributed by atoms with Crippen LogP contribution < -0.4 is 0 Å². The monoisotopic (exact) mass is 532 g/mol. The number of aromatic hydroxyl groups is 8. The van der Waals surface area contributed by atoms with Gasteiger partial charge in [-0.2, -0.15) is 0 Å². The van der Waals surface area contributed by atoms with Crippen molar-refractivity contribution >= 4 is 0 Å². The van der Waals surface area contributed by atoms with Crippen LogP contribution in [0.4, 0.5) is 0 Å². The second kappa shape index (κ2) is 10.2. The first-order valence-electron chi connectivity index (χ1n) is 12.4. The highest BCUT2D eigenvalue weighted by Crippen LogP contribution is 2.42. The van der Waals surface area contributed by atoms with Crippen LogP contribution in [0.1, 0.15) is 55.6 Å². The van der Waals surface area contributed by atoms with Crippen molar-refractivity contribution in [2.24, 2.45) is 0 Å². The Kier molecular flexibility index (Phi) is 7.15. The standard InChI is InChI=1S/C31H32O8/c1-14-9-20(16(3)22(26(14)34)12-18-5-7-24(32)30(38)28(18)36)11-21-10-15(2)27(35)23(17(21)4)13-19-6-8-25(33)31(39)29(19)37/h5-10,32-39H,11-13H2,1-4H3. The summed E-state index contributed by atoms with van der Waals surface area (Å²) in [6.07, 6.45) is 0.697. The van der Waals surface area contributed by atoms with Crippen molar-refractivity contribution in [2.75, 3.05) is 0 Å². The maximum absolute atomic E-state index is 10.9. The zero-order chi connectivity index (χ0) is 28.8. The van der Waals surface area contributed by atoms with Gasteiger partial charge in [0.05, 0.1) is 0 Å². The number of phenolic OH excluding ortho intramolecular Hbond substituents is 8. The molecule has 0 aliphatic carbocycles. The van der Waals surface area contributed by atoms with Crippen LogP contribution in [0.2, 0.25) is 0 Å². The fourth-order valence-electron chi connectivity index (χ4n) is 4.99. The first-order valence-corrected chi connectivity index (χ1v) is 12.4. The normalized spacial score (nSPS) is 11.2. The van der Waals surface area contributed by atoms with Crippen molar-refractivity contribution in [1.29, 1.82) is 0 Å². The first kappa shape index (κ1) is 27.3. The van der Waals surface area contributed by atoms with Crippen LogP contribution in [0.5, 0.6) is 46.0 Å². The lowest BCUT2D eigenvalue weighted by Crippen LogP contribution is -2.05. The van der Waals surface area contributed by atoms with E-state index >= 15 is 0 Å². The molecular weight excluding hydrogens is 500 g/mol. The second-order valence-corrected chi connectivity index (χ2v) is 10.0. The van der Waals surface area contributed by atoms with Gasteiger partial charge in [0.25, 0.3) is 0 Å². The molecule has 0 heterocycles. The molecule has 4 aromatic carbocycles. The fourth-order valence-corrected chi connectivity index (χ4v) is 4.99. The van der Waals surface area contributed by atoms with Crippen LogP contribution in [0.25, 0.3) is 0 Å². The average Bonchev–Trinajstić information content (AvgIpc) is 2.90. The van der Waals surface area contributed by atoms with Crippen molar-refractivity contribution in [3.05, 3.63) is 92.0 Å².